The van der Waals surface area contributed by atoms with Crippen LogP contribution in [0.3, 0.4) is 0 Å². The Hall–Kier alpha value is -3.75. The van der Waals surface area contributed by atoms with Gasteiger partial charge < -0.3 is 9.63 Å². The van der Waals surface area contributed by atoms with Crippen LogP contribution in [0.2, 0.25) is 0 Å². The minimum atomic E-state index is -0.970. The third kappa shape index (κ3) is 4.38. The predicted octanol–water partition coefficient (Wildman–Crippen LogP) is 4.41. The number of nitrogens with zero attached hydrogens (tertiary/aromatic N) is 6. The summed E-state index contributed by atoms with van der Waals surface area (Å²) in [6, 6.07) is 4.14. The van der Waals surface area contributed by atoms with E-state index in [-0.39, 0.29) is 11.0 Å². The monoisotopic (exact) mass is 474 g/mol. The van der Waals surface area contributed by atoms with Crippen LogP contribution in [0.1, 0.15) is 58.6 Å². The van der Waals surface area contributed by atoms with Crippen LogP contribution in [0.4, 0.5) is 0 Å². The van der Waals surface area contributed by atoms with Gasteiger partial charge in [0.15, 0.2) is 5.69 Å². The summed E-state index contributed by atoms with van der Waals surface area (Å²) in [5, 5.41) is 22.2. The highest BCUT2D eigenvalue weighted by atomic mass is 16.5. The molecule has 9 nitrogen and oxygen atoms in total. The van der Waals surface area contributed by atoms with Crippen molar-refractivity contribution in [3.05, 3.63) is 58.0 Å². The molecular weight excluding hydrogens is 444 g/mol. The van der Waals surface area contributed by atoms with E-state index in [2.05, 4.69) is 50.1 Å². The molecule has 0 saturated heterocycles. The number of hydrogen-bond donors (Lipinski definition) is 1. The van der Waals surface area contributed by atoms with Crippen LogP contribution in [-0.4, -0.2) is 40.8 Å². The first-order chi connectivity index (χ1) is 16.6. The first-order valence-electron chi connectivity index (χ1n) is 11.9. The SMILES string of the molecule is Cc1cc(-c2noc(-c3nn(C)c4c3CCC(C)(C)C4)n2)cc(C)c1CCn1cc(C(=O)O)cn1. The Bertz CT molecular complexity index is 1400. The van der Waals surface area contributed by atoms with Gasteiger partial charge in [-0.05, 0) is 73.8 Å². The number of carbonyl (C=O) groups is 1. The van der Waals surface area contributed by atoms with Crippen LogP contribution >= 0.6 is 0 Å². The van der Waals surface area contributed by atoms with Gasteiger partial charge in [0.05, 0.1) is 11.8 Å². The van der Waals surface area contributed by atoms with Crippen molar-refractivity contribution in [2.75, 3.05) is 0 Å². The van der Waals surface area contributed by atoms with Crippen molar-refractivity contribution in [1.82, 2.24) is 29.7 Å². The van der Waals surface area contributed by atoms with E-state index in [0.29, 0.717) is 18.3 Å². The van der Waals surface area contributed by atoms with Crippen LogP contribution in [0.25, 0.3) is 23.0 Å². The summed E-state index contributed by atoms with van der Waals surface area (Å²) in [6.45, 7) is 9.32. The van der Waals surface area contributed by atoms with Crippen molar-refractivity contribution < 1.29 is 14.4 Å². The van der Waals surface area contributed by atoms with Gasteiger partial charge in [0.2, 0.25) is 5.82 Å². The molecule has 3 aromatic heterocycles. The molecule has 1 aromatic carbocycles. The second kappa shape index (κ2) is 8.48. The molecule has 0 radical (unpaired) electrons. The number of hydrogen-bond acceptors (Lipinski definition) is 6. The molecular formula is C26H30N6O3. The lowest BCUT2D eigenvalue weighted by atomic mass is 9.76. The smallest absolute Gasteiger partial charge is 0.338 e. The molecule has 4 aromatic rings. The average Bonchev–Trinajstić information content (AvgIpc) is 3.52. The van der Waals surface area contributed by atoms with Crippen LogP contribution in [0.15, 0.2) is 29.0 Å². The summed E-state index contributed by atoms with van der Waals surface area (Å²) >= 11 is 0. The number of benzene rings is 1. The molecule has 0 atom stereocenters. The highest BCUT2D eigenvalue weighted by molar-refractivity contribution is 5.86. The molecule has 0 bridgehead atoms. The van der Waals surface area contributed by atoms with Crippen LogP contribution in [0.5, 0.6) is 0 Å². The molecule has 0 fully saturated rings. The quantitative estimate of drug-likeness (QED) is 0.441. The molecule has 182 valence electrons. The molecule has 1 aliphatic carbocycles. The van der Waals surface area contributed by atoms with Crippen molar-refractivity contribution >= 4 is 5.97 Å². The van der Waals surface area contributed by atoms with Crippen molar-refractivity contribution in [1.29, 1.82) is 0 Å². The summed E-state index contributed by atoms with van der Waals surface area (Å²) in [6.07, 6.45) is 6.73. The Kier molecular flexibility index (Phi) is 5.57. The zero-order valence-corrected chi connectivity index (χ0v) is 20.8. The third-order valence-electron chi connectivity index (χ3n) is 7.03. The van der Waals surface area contributed by atoms with Gasteiger partial charge in [-0.3, -0.25) is 9.36 Å². The minimum absolute atomic E-state index is 0.194. The Morgan fingerprint density at radius 3 is 2.66 bits per heavy atom. The van der Waals surface area contributed by atoms with Crippen LogP contribution in [-0.2, 0) is 32.9 Å². The van der Waals surface area contributed by atoms with Gasteiger partial charge in [-0.15, -0.1) is 0 Å². The molecule has 0 saturated carbocycles. The number of carboxylic acid groups (broad SMARTS) is 1. The van der Waals surface area contributed by atoms with E-state index in [4.69, 9.17) is 19.7 Å². The maximum absolute atomic E-state index is 11.1. The van der Waals surface area contributed by atoms with Crippen molar-refractivity contribution in [2.45, 2.75) is 59.9 Å². The molecule has 0 amide bonds. The highest BCUT2D eigenvalue weighted by Crippen LogP contribution is 2.38. The lowest BCUT2D eigenvalue weighted by molar-refractivity contribution is 0.0696. The van der Waals surface area contributed by atoms with E-state index in [9.17, 15) is 4.79 Å². The van der Waals surface area contributed by atoms with Gasteiger partial charge in [0, 0.05) is 36.6 Å². The number of fused-ring (bicyclic) bond motifs is 1. The van der Waals surface area contributed by atoms with E-state index in [1.54, 1.807) is 10.9 Å². The fraction of sp³-hybridized carbons (Fsp3) is 0.423. The molecule has 0 aliphatic heterocycles. The van der Waals surface area contributed by atoms with E-state index in [1.807, 2.05) is 11.7 Å². The fourth-order valence-corrected chi connectivity index (χ4v) is 5.04. The Labute approximate surface area is 203 Å². The largest absolute Gasteiger partial charge is 0.478 e. The zero-order chi connectivity index (χ0) is 24.9. The highest BCUT2D eigenvalue weighted by Gasteiger charge is 2.32. The summed E-state index contributed by atoms with van der Waals surface area (Å²) in [5.74, 6) is 0.0396. The van der Waals surface area contributed by atoms with E-state index < -0.39 is 5.97 Å². The summed E-state index contributed by atoms with van der Waals surface area (Å²) < 4.78 is 9.30. The average molecular weight is 475 g/mol. The number of aromatic nitrogens is 6. The molecule has 0 unspecified atom stereocenters. The maximum atomic E-state index is 11.1. The fourth-order valence-electron chi connectivity index (χ4n) is 5.04. The summed E-state index contributed by atoms with van der Waals surface area (Å²) in [7, 11) is 1.98. The molecule has 1 N–H and O–H groups in total. The number of aromatic carboxylic acids is 1. The molecule has 1 aliphatic rings. The van der Waals surface area contributed by atoms with Gasteiger partial charge in [-0.25, -0.2) is 4.79 Å². The summed E-state index contributed by atoms with van der Waals surface area (Å²) in [5.41, 5.74) is 8.06. The number of aryl methyl sites for hydroxylation is 4. The second-order valence-electron chi connectivity index (χ2n) is 10.3. The standard InChI is InChI=1S/C26H30N6O3/c1-15-10-17(11-16(2)19(15)7-9-32-14-18(13-27-32)25(33)34)23-28-24(35-30-23)22-20-6-8-26(3,4)12-21(20)31(5)29-22/h10-11,13-14H,6-9,12H2,1-5H3,(H,33,34). The van der Waals surface area contributed by atoms with Crippen molar-refractivity contribution in [2.24, 2.45) is 12.5 Å². The Balaban J connectivity index is 1.38. The first kappa shape index (κ1) is 23.0. The Morgan fingerprint density at radius 2 is 1.97 bits per heavy atom. The number of carboxylic acids is 1. The lowest BCUT2D eigenvalue weighted by Crippen LogP contribution is -2.23. The Morgan fingerprint density at radius 1 is 1.23 bits per heavy atom. The van der Waals surface area contributed by atoms with Crippen molar-refractivity contribution in [3.63, 3.8) is 0 Å². The van der Waals surface area contributed by atoms with Crippen LogP contribution < -0.4 is 0 Å². The first-order valence-corrected chi connectivity index (χ1v) is 11.9. The van der Waals surface area contributed by atoms with Gasteiger partial charge >= 0.3 is 5.97 Å². The predicted molar refractivity (Wildman–Crippen MR) is 130 cm³/mol. The minimum Gasteiger partial charge on any atom is -0.478 e. The van der Waals surface area contributed by atoms with E-state index >= 15 is 0 Å². The molecule has 9 heteroatoms. The van der Waals surface area contributed by atoms with Crippen LogP contribution in [0, 0.1) is 19.3 Å². The second-order valence-corrected chi connectivity index (χ2v) is 10.3. The van der Waals surface area contributed by atoms with Gasteiger partial charge in [0.1, 0.15) is 0 Å². The normalized spacial score (nSPS) is 14.8. The van der Waals surface area contributed by atoms with Gasteiger partial charge in [-0.2, -0.15) is 15.2 Å². The lowest BCUT2D eigenvalue weighted by Gasteiger charge is -2.29. The van der Waals surface area contributed by atoms with Gasteiger partial charge in [0.25, 0.3) is 5.89 Å². The van der Waals surface area contributed by atoms with Crippen molar-refractivity contribution in [3.8, 4) is 23.0 Å². The molecule has 0 spiro atoms. The van der Waals surface area contributed by atoms with E-state index in [0.717, 1.165) is 48.1 Å². The topological polar surface area (TPSA) is 112 Å². The number of rotatable bonds is 6. The summed E-state index contributed by atoms with van der Waals surface area (Å²) in [4.78, 5) is 15.8. The molecule has 35 heavy (non-hydrogen) atoms. The maximum Gasteiger partial charge on any atom is 0.338 e. The van der Waals surface area contributed by atoms with E-state index in [1.165, 1.54) is 23.0 Å². The third-order valence-corrected chi connectivity index (χ3v) is 7.03. The van der Waals surface area contributed by atoms with Gasteiger partial charge in [-0.1, -0.05) is 19.0 Å². The molecule has 3 heterocycles. The molecule has 5 rings (SSSR count). The zero-order valence-electron chi connectivity index (χ0n) is 20.8.